The van der Waals surface area contributed by atoms with E-state index in [2.05, 4.69) is 16.4 Å². The molecule has 0 saturated heterocycles. The number of nitrogens with zero attached hydrogens (tertiary/aromatic N) is 1. The average molecular weight is 243 g/mol. The molecule has 0 aliphatic carbocycles. The number of methoxy groups -OCH3 is 1. The monoisotopic (exact) mass is 243 g/mol. The van der Waals surface area contributed by atoms with E-state index in [-0.39, 0.29) is 0 Å². The van der Waals surface area contributed by atoms with E-state index < -0.39 is 0 Å². The highest BCUT2D eigenvalue weighted by Gasteiger charge is 1.99. The summed E-state index contributed by atoms with van der Waals surface area (Å²) in [6, 6.07) is 9.63. The molecule has 0 radical (unpaired) electrons. The average Bonchev–Trinajstić information content (AvgIpc) is 2.39. The van der Waals surface area contributed by atoms with Crippen LogP contribution in [0, 0.1) is 0 Å². The maximum absolute atomic E-state index is 5.79. The maximum atomic E-state index is 5.79. The Morgan fingerprint density at radius 1 is 1.33 bits per heavy atom. The van der Waals surface area contributed by atoms with Gasteiger partial charge < -0.3 is 15.8 Å². The zero-order chi connectivity index (χ0) is 12.8. The van der Waals surface area contributed by atoms with E-state index in [1.165, 1.54) is 5.56 Å². The molecule has 0 fully saturated rings. The third-order valence-electron chi connectivity index (χ3n) is 2.63. The summed E-state index contributed by atoms with van der Waals surface area (Å²) in [5.41, 5.74) is 8.66. The number of nitrogen functional groups attached to an aromatic ring is 1. The smallest absolute Gasteiger partial charge is 0.122 e. The number of aromatic nitrogens is 1. The number of hydrogen-bond donors (Lipinski definition) is 2. The number of benzene rings is 1. The molecule has 18 heavy (non-hydrogen) atoms. The Balaban J connectivity index is 1.92. The van der Waals surface area contributed by atoms with Crippen LogP contribution in [0.15, 0.2) is 42.7 Å². The molecule has 2 aromatic rings. The van der Waals surface area contributed by atoms with Crippen molar-refractivity contribution in [3.05, 3.63) is 48.3 Å². The topological polar surface area (TPSA) is 60.2 Å². The summed E-state index contributed by atoms with van der Waals surface area (Å²) in [6.07, 6.45) is 4.58. The first-order chi connectivity index (χ1) is 8.78. The number of hydrogen-bond acceptors (Lipinski definition) is 4. The van der Waals surface area contributed by atoms with Gasteiger partial charge in [-0.05, 0) is 24.1 Å². The number of rotatable bonds is 5. The molecular formula is C14H17N3O. The fourth-order valence-electron chi connectivity index (χ4n) is 1.74. The van der Waals surface area contributed by atoms with Crippen LogP contribution in [-0.2, 0) is 6.42 Å². The standard InChI is InChI=1S/C14H17N3O/c1-18-14-8-12(15)7-13(9-14)17-6-4-11-3-2-5-16-10-11/h2-3,5,7-10,17H,4,6,15H2,1H3. The van der Waals surface area contributed by atoms with Gasteiger partial charge in [-0.3, -0.25) is 4.98 Å². The molecular weight excluding hydrogens is 226 g/mol. The van der Waals surface area contributed by atoms with E-state index in [1.54, 1.807) is 19.4 Å². The molecule has 0 aliphatic heterocycles. The van der Waals surface area contributed by atoms with Crippen molar-refractivity contribution >= 4 is 11.4 Å². The zero-order valence-electron chi connectivity index (χ0n) is 10.4. The normalized spacial score (nSPS) is 10.1. The molecule has 2 rings (SSSR count). The van der Waals surface area contributed by atoms with Crippen LogP contribution in [0.4, 0.5) is 11.4 Å². The molecule has 1 heterocycles. The Labute approximate surface area is 107 Å². The molecule has 0 atom stereocenters. The second-order valence-electron chi connectivity index (χ2n) is 4.03. The van der Waals surface area contributed by atoms with Crippen LogP contribution >= 0.6 is 0 Å². The van der Waals surface area contributed by atoms with Crippen molar-refractivity contribution in [2.75, 3.05) is 24.7 Å². The van der Waals surface area contributed by atoms with Gasteiger partial charge in [-0.25, -0.2) is 0 Å². The second kappa shape index (κ2) is 5.91. The molecule has 0 amide bonds. The molecule has 0 aliphatic rings. The lowest BCUT2D eigenvalue weighted by Gasteiger charge is -2.09. The van der Waals surface area contributed by atoms with Crippen molar-refractivity contribution in [3.63, 3.8) is 0 Å². The minimum absolute atomic E-state index is 0.693. The van der Waals surface area contributed by atoms with Crippen LogP contribution in [0.1, 0.15) is 5.56 Å². The van der Waals surface area contributed by atoms with Gasteiger partial charge in [-0.1, -0.05) is 6.07 Å². The van der Waals surface area contributed by atoms with Gasteiger partial charge in [0.05, 0.1) is 7.11 Å². The minimum Gasteiger partial charge on any atom is -0.497 e. The lowest BCUT2D eigenvalue weighted by atomic mass is 10.2. The number of nitrogens with one attached hydrogen (secondary N) is 1. The quantitative estimate of drug-likeness (QED) is 0.791. The van der Waals surface area contributed by atoms with Crippen molar-refractivity contribution < 1.29 is 4.74 Å². The summed E-state index contributed by atoms with van der Waals surface area (Å²) >= 11 is 0. The van der Waals surface area contributed by atoms with Gasteiger partial charge in [0.15, 0.2) is 0 Å². The molecule has 1 aromatic heterocycles. The van der Waals surface area contributed by atoms with Crippen LogP contribution < -0.4 is 15.8 Å². The Kier molecular flexibility index (Phi) is 4.02. The maximum Gasteiger partial charge on any atom is 0.122 e. The molecule has 0 saturated carbocycles. The van der Waals surface area contributed by atoms with Gasteiger partial charge in [-0.15, -0.1) is 0 Å². The van der Waals surface area contributed by atoms with E-state index in [9.17, 15) is 0 Å². The van der Waals surface area contributed by atoms with Crippen LogP contribution in [0.2, 0.25) is 0 Å². The summed E-state index contributed by atoms with van der Waals surface area (Å²) in [6.45, 7) is 0.832. The van der Waals surface area contributed by atoms with Gasteiger partial charge in [0.2, 0.25) is 0 Å². The first-order valence-corrected chi connectivity index (χ1v) is 5.85. The summed E-state index contributed by atoms with van der Waals surface area (Å²) in [5.74, 6) is 0.763. The molecule has 4 nitrogen and oxygen atoms in total. The number of pyridine rings is 1. The highest BCUT2D eigenvalue weighted by molar-refractivity contribution is 5.59. The molecule has 0 spiro atoms. The molecule has 1 aromatic carbocycles. The zero-order valence-corrected chi connectivity index (χ0v) is 10.4. The fraction of sp³-hybridized carbons (Fsp3) is 0.214. The van der Waals surface area contributed by atoms with Crippen molar-refractivity contribution in [2.24, 2.45) is 0 Å². The highest BCUT2D eigenvalue weighted by atomic mass is 16.5. The Morgan fingerprint density at radius 3 is 2.94 bits per heavy atom. The predicted octanol–water partition coefficient (Wildman–Crippen LogP) is 2.33. The number of anilines is 2. The first kappa shape index (κ1) is 12.2. The summed E-state index contributed by atoms with van der Waals surface area (Å²) in [4.78, 5) is 4.08. The number of nitrogens with two attached hydrogens (primary N) is 1. The second-order valence-corrected chi connectivity index (χ2v) is 4.03. The van der Waals surface area contributed by atoms with E-state index >= 15 is 0 Å². The van der Waals surface area contributed by atoms with Gasteiger partial charge in [0, 0.05) is 42.4 Å². The van der Waals surface area contributed by atoms with Crippen LogP contribution in [0.3, 0.4) is 0 Å². The Morgan fingerprint density at radius 2 is 2.22 bits per heavy atom. The minimum atomic E-state index is 0.693. The molecule has 3 N–H and O–H groups in total. The lowest BCUT2D eigenvalue weighted by Crippen LogP contribution is -2.05. The largest absolute Gasteiger partial charge is 0.497 e. The first-order valence-electron chi connectivity index (χ1n) is 5.85. The molecule has 0 unspecified atom stereocenters. The summed E-state index contributed by atoms with van der Waals surface area (Å²) in [5, 5.41) is 3.32. The molecule has 0 bridgehead atoms. The highest BCUT2D eigenvalue weighted by Crippen LogP contribution is 2.22. The van der Waals surface area contributed by atoms with Crippen molar-refractivity contribution in [1.29, 1.82) is 0 Å². The number of ether oxygens (including phenoxy) is 1. The van der Waals surface area contributed by atoms with E-state index in [0.717, 1.165) is 24.4 Å². The third-order valence-corrected chi connectivity index (χ3v) is 2.63. The van der Waals surface area contributed by atoms with E-state index in [4.69, 9.17) is 10.5 Å². The summed E-state index contributed by atoms with van der Waals surface area (Å²) in [7, 11) is 1.63. The third kappa shape index (κ3) is 3.38. The van der Waals surface area contributed by atoms with Crippen LogP contribution in [-0.4, -0.2) is 18.6 Å². The van der Waals surface area contributed by atoms with Crippen molar-refractivity contribution in [3.8, 4) is 5.75 Å². The van der Waals surface area contributed by atoms with Crippen LogP contribution in [0.5, 0.6) is 5.75 Å². The van der Waals surface area contributed by atoms with Gasteiger partial charge >= 0.3 is 0 Å². The summed E-state index contributed by atoms with van der Waals surface area (Å²) < 4.78 is 5.17. The van der Waals surface area contributed by atoms with Gasteiger partial charge in [-0.2, -0.15) is 0 Å². The SMILES string of the molecule is COc1cc(N)cc(NCCc2cccnc2)c1. The predicted molar refractivity (Wildman–Crippen MR) is 73.8 cm³/mol. The Hall–Kier alpha value is -2.23. The van der Waals surface area contributed by atoms with E-state index in [0.29, 0.717) is 5.69 Å². The van der Waals surface area contributed by atoms with E-state index in [1.807, 2.05) is 24.4 Å². The molecule has 94 valence electrons. The lowest BCUT2D eigenvalue weighted by molar-refractivity contribution is 0.415. The Bertz CT molecular complexity index is 500. The van der Waals surface area contributed by atoms with Crippen molar-refractivity contribution in [2.45, 2.75) is 6.42 Å². The van der Waals surface area contributed by atoms with Gasteiger partial charge in [0.25, 0.3) is 0 Å². The molecule has 4 heteroatoms. The van der Waals surface area contributed by atoms with Gasteiger partial charge in [0.1, 0.15) is 5.75 Å². The van der Waals surface area contributed by atoms with Crippen molar-refractivity contribution in [1.82, 2.24) is 4.98 Å². The fourth-order valence-corrected chi connectivity index (χ4v) is 1.74. The van der Waals surface area contributed by atoms with Crippen LogP contribution in [0.25, 0.3) is 0 Å².